The third-order valence-electron chi connectivity index (χ3n) is 5.84. The van der Waals surface area contributed by atoms with Gasteiger partial charge in [0.25, 0.3) is 0 Å². The van der Waals surface area contributed by atoms with E-state index in [2.05, 4.69) is 23.3 Å². The summed E-state index contributed by atoms with van der Waals surface area (Å²) in [5.41, 5.74) is -0.187. The molecule has 0 bridgehead atoms. The van der Waals surface area contributed by atoms with E-state index in [4.69, 9.17) is 14.6 Å². The normalized spacial score (nSPS) is 15.8. The number of anilines is 1. The number of rotatable bonds is 8. The van der Waals surface area contributed by atoms with Gasteiger partial charge in [0.2, 0.25) is 5.88 Å². The van der Waals surface area contributed by atoms with Gasteiger partial charge in [0.1, 0.15) is 11.0 Å². The zero-order chi connectivity index (χ0) is 24.1. The summed E-state index contributed by atoms with van der Waals surface area (Å²) in [6.45, 7) is 12.0. The Morgan fingerprint density at radius 1 is 1.30 bits per heavy atom. The zero-order valence-electron chi connectivity index (χ0n) is 20.5. The second kappa shape index (κ2) is 10.3. The van der Waals surface area contributed by atoms with Gasteiger partial charge in [-0.05, 0) is 53.0 Å². The molecule has 0 saturated carbocycles. The first-order valence-electron chi connectivity index (χ1n) is 11.8. The molecule has 0 atom stereocenters. The van der Waals surface area contributed by atoms with Crippen LogP contribution >= 0.6 is 0 Å². The van der Waals surface area contributed by atoms with Gasteiger partial charge in [-0.2, -0.15) is 10.4 Å². The summed E-state index contributed by atoms with van der Waals surface area (Å²) in [7, 11) is 0. The Kier molecular flexibility index (Phi) is 7.67. The maximum Gasteiger partial charge on any atom is 0.410 e. The van der Waals surface area contributed by atoms with Crippen LogP contribution in [0.4, 0.5) is 10.6 Å². The Labute approximate surface area is 196 Å². The number of piperidine rings is 1. The molecular formula is C24H36N6O3. The van der Waals surface area contributed by atoms with Crippen molar-refractivity contribution in [1.82, 2.24) is 19.7 Å². The molecular weight excluding hydrogens is 420 g/mol. The molecule has 1 fully saturated rings. The fourth-order valence-corrected chi connectivity index (χ4v) is 4.15. The summed E-state index contributed by atoms with van der Waals surface area (Å²) in [6.07, 6.45) is 4.91. The molecule has 0 aliphatic carbocycles. The minimum absolute atomic E-state index is 0.297. The Bertz CT molecular complexity index is 996. The molecule has 1 amide bonds. The van der Waals surface area contributed by atoms with Crippen LogP contribution in [-0.4, -0.2) is 57.6 Å². The monoisotopic (exact) mass is 456 g/mol. The predicted octanol–water partition coefficient (Wildman–Crippen LogP) is 4.68. The average Bonchev–Trinajstić information content (AvgIpc) is 3.14. The van der Waals surface area contributed by atoms with Crippen molar-refractivity contribution in [2.24, 2.45) is 0 Å². The maximum absolute atomic E-state index is 12.6. The van der Waals surface area contributed by atoms with Crippen molar-refractivity contribution in [3.8, 4) is 11.9 Å². The minimum Gasteiger partial charge on any atom is -0.477 e. The summed E-state index contributed by atoms with van der Waals surface area (Å²) in [5.74, 6) is 1.26. The number of nitrogens with one attached hydrogen (secondary N) is 1. The summed E-state index contributed by atoms with van der Waals surface area (Å²) in [6, 6.07) is 4.28. The van der Waals surface area contributed by atoms with Crippen LogP contribution in [0.2, 0.25) is 0 Å². The summed E-state index contributed by atoms with van der Waals surface area (Å²) < 4.78 is 13.5. The Balaban J connectivity index is 1.96. The quantitative estimate of drug-likeness (QED) is 0.575. The number of fused-ring (bicyclic) bond motifs is 1. The number of likely N-dealkylation sites (tertiary alicyclic amines) is 1. The molecule has 0 spiro atoms. The average molecular weight is 457 g/mol. The molecule has 180 valence electrons. The lowest BCUT2D eigenvalue weighted by Gasteiger charge is -2.41. The van der Waals surface area contributed by atoms with Crippen LogP contribution in [0.1, 0.15) is 66.7 Å². The van der Waals surface area contributed by atoms with Gasteiger partial charge in [0.05, 0.1) is 30.2 Å². The number of hydrogen-bond acceptors (Lipinski definition) is 7. The number of nitrogens with zero attached hydrogens (tertiary/aromatic N) is 5. The van der Waals surface area contributed by atoms with Gasteiger partial charge in [-0.25, -0.2) is 9.78 Å². The number of amides is 1. The van der Waals surface area contributed by atoms with E-state index in [0.717, 1.165) is 23.7 Å². The third kappa shape index (κ3) is 5.49. The number of carbonyl (C=O) groups excluding carboxylic acids is 1. The van der Waals surface area contributed by atoms with E-state index in [9.17, 15) is 10.1 Å². The van der Waals surface area contributed by atoms with Gasteiger partial charge in [-0.15, -0.1) is 0 Å². The fourth-order valence-electron chi connectivity index (χ4n) is 4.15. The van der Waals surface area contributed by atoms with Crippen LogP contribution in [0.25, 0.3) is 10.9 Å². The van der Waals surface area contributed by atoms with Crippen LogP contribution in [0, 0.1) is 11.3 Å². The first-order valence-corrected chi connectivity index (χ1v) is 11.8. The van der Waals surface area contributed by atoms with Gasteiger partial charge < -0.3 is 19.7 Å². The Hall–Kier alpha value is -3.02. The first-order chi connectivity index (χ1) is 15.7. The number of pyridine rings is 1. The number of carbonyl (C=O) groups is 1. The highest BCUT2D eigenvalue weighted by molar-refractivity contribution is 5.94. The van der Waals surface area contributed by atoms with Crippen molar-refractivity contribution in [2.45, 2.75) is 77.9 Å². The first kappa shape index (κ1) is 24.6. The van der Waals surface area contributed by atoms with Gasteiger partial charge in [0.15, 0.2) is 5.82 Å². The molecule has 1 N–H and O–H groups in total. The molecule has 9 nitrogen and oxygen atoms in total. The smallest absolute Gasteiger partial charge is 0.410 e. The molecule has 0 aromatic carbocycles. The Morgan fingerprint density at radius 3 is 2.64 bits per heavy atom. The minimum atomic E-state index is -0.543. The number of ether oxygens (including phenoxy) is 2. The van der Waals surface area contributed by atoms with Crippen LogP contribution in [0.15, 0.2) is 12.3 Å². The summed E-state index contributed by atoms with van der Waals surface area (Å²) in [4.78, 5) is 18.8. The number of unbranched alkanes of at least 4 members (excludes halogenated alkanes) is 1. The maximum atomic E-state index is 12.6. The van der Waals surface area contributed by atoms with Gasteiger partial charge in [0, 0.05) is 25.8 Å². The van der Waals surface area contributed by atoms with E-state index < -0.39 is 11.1 Å². The molecule has 2 aromatic heterocycles. The van der Waals surface area contributed by atoms with Crippen LogP contribution in [0.3, 0.4) is 0 Å². The summed E-state index contributed by atoms with van der Waals surface area (Å²) >= 11 is 0. The van der Waals surface area contributed by atoms with E-state index in [1.807, 2.05) is 38.4 Å². The van der Waals surface area contributed by atoms with E-state index in [1.165, 1.54) is 0 Å². The fraction of sp³-hybridized carbons (Fsp3) is 0.667. The molecule has 0 unspecified atom stereocenters. The molecule has 33 heavy (non-hydrogen) atoms. The molecule has 0 radical (unpaired) electrons. The molecule has 2 aromatic rings. The molecule has 3 heterocycles. The number of aromatic nitrogens is 3. The van der Waals surface area contributed by atoms with E-state index in [0.29, 0.717) is 57.2 Å². The lowest BCUT2D eigenvalue weighted by atomic mass is 9.85. The molecule has 1 saturated heterocycles. The SMILES string of the molecule is CCCCOc1nccc2c1c(NCC)nn2C1(CC#N)CCN(C(=O)OC(C)(C)C)CC1. The molecule has 1 aliphatic rings. The highest BCUT2D eigenvalue weighted by Gasteiger charge is 2.41. The van der Waals surface area contributed by atoms with Crippen molar-refractivity contribution < 1.29 is 14.3 Å². The zero-order valence-corrected chi connectivity index (χ0v) is 20.5. The van der Waals surface area contributed by atoms with Gasteiger partial charge in [-0.1, -0.05) is 13.3 Å². The molecule has 3 rings (SSSR count). The second-order valence-corrected chi connectivity index (χ2v) is 9.53. The molecule has 9 heteroatoms. The predicted molar refractivity (Wildman–Crippen MR) is 127 cm³/mol. The third-order valence-corrected chi connectivity index (χ3v) is 5.84. The topological polar surface area (TPSA) is 105 Å². The largest absolute Gasteiger partial charge is 0.477 e. The van der Waals surface area contributed by atoms with Crippen LogP contribution < -0.4 is 10.1 Å². The number of nitriles is 1. The van der Waals surface area contributed by atoms with Gasteiger partial charge >= 0.3 is 6.09 Å². The lowest BCUT2D eigenvalue weighted by Crippen LogP contribution is -2.49. The van der Waals surface area contributed by atoms with Crippen molar-refractivity contribution in [3.63, 3.8) is 0 Å². The van der Waals surface area contributed by atoms with Crippen molar-refractivity contribution in [3.05, 3.63) is 12.3 Å². The van der Waals surface area contributed by atoms with E-state index in [-0.39, 0.29) is 6.09 Å². The van der Waals surface area contributed by atoms with E-state index in [1.54, 1.807) is 11.1 Å². The number of hydrogen-bond donors (Lipinski definition) is 1. The Morgan fingerprint density at radius 2 is 2.03 bits per heavy atom. The standard InChI is InChI=1S/C24H36N6O3/c1-6-8-17-32-21-19-18(9-14-27-21)30(28-20(19)26-7-2)24(10-13-25)11-15-29(16-12-24)22(31)33-23(3,4)5/h9,14H,6-8,10-12,15-17H2,1-5H3,(H,26,28). The van der Waals surface area contributed by atoms with E-state index >= 15 is 0 Å². The van der Waals surface area contributed by atoms with Gasteiger partial charge in [-0.3, -0.25) is 4.68 Å². The van der Waals surface area contributed by atoms with Crippen molar-refractivity contribution >= 4 is 22.8 Å². The summed E-state index contributed by atoms with van der Waals surface area (Å²) in [5, 5.41) is 18.8. The van der Waals surface area contributed by atoms with Crippen molar-refractivity contribution in [2.75, 3.05) is 31.6 Å². The lowest BCUT2D eigenvalue weighted by molar-refractivity contribution is 0.0110. The van der Waals surface area contributed by atoms with Crippen molar-refractivity contribution in [1.29, 1.82) is 5.26 Å². The van der Waals surface area contributed by atoms with Crippen LogP contribution in [-0.2, 0) is 10.3 Å². The highest BCUT2D eigenvalue weighted by atomic mass is 16.6. The molecule has 1 aliphatic heterocycles. The van der Waals surface area contributed by atoms with Crippen LogP contribution in [0.5, 0.6) is 5.88 Å². The highest BCUT2D eigenvalue weighted by Crippen LogP contribution is 2.40. The second-order valence-electron chi connectivity index (χ2n) is 9.53.